The molecular weight excluding hydrogens is 77.1 g/mol. The van der Waals surface area contributed by atoms with E-state index in [2.05, 4.69) is 4.99 Å². The number of hydrogen-bond donors (Lipinski definition) is 0. The molecule has 0 bridgehead atoms. The zero-order valence-corrected chi connectivity index (χ0v) is 6.07. The monoisotopic (exact) mass is 82.0 g/mol. The van der Waals surface area contributed by atoms with E-state index in [9.17, 15) is 0 Å². The molecule has 1 nitrogen and oxygen atoms in total. The fourth-order valence-electron chi connectivity index (χ4n) is 0. The maximum Gasteiger partial charge on any atom is 1.00 e. The molecule has 0 unspecified atom stereocenters. The van der Waals surface area contributed by atoms with Crippen LogP contribution in [-0.2, 0) is 0 Å². The van der Waals surface area contributed by atoms with E-state index in [0.717, 1.165) is 0 Å². The van der Waals surface area contributed by atoms with Crippen molar-refractivity contribution in [3.8, 4) is 0 Å². The molecule has 0 saturated heterocycles. The summed E-state index contributed by atoms with van der Waals surface area (Å²) in [6.45, 7) is 1.81. The van der Waals surface area contributed by atoms with E-state index < -0.39 is 0 Å². The number of hydrogen-bond acceptors (Lipinski definition) is 1. The van der Waals surface area contributed by atoms with Crippen molar-refractivity contribution in [3.63, 3.8) is 0 Å². The van der Waals surface area contributed by atoms with Crippen LogP contribution in [0, 0.1) is 0 Å². The van der Waals surface area contributed by atoms with Crippen LogP contribution in [0.5, 0.6) is 0 Å². The number of rotatable bonds is 0. The normalized spacial score (nSPS) is 9.75. The first-order chi connectivity index (χ1) is 1.91. The Morgan fingerprint density at radius 2 is 2.50 bits per heavy atom. The third-order valence-corrected chi connectivity index (χ3v) is 0. The predicted octanol–water partition coefficient (Wildman–Crippen LogP) is -2.80. The summed E-state index contributed by atoms with van der Waals surface area (Å²) in [7, 11) is 1.51. The molecule has 0 rings (SSSR count). The summed E-state index contributed by atoms with van der Waals surface area (Å²) in [4.78, 5) is 3.15. The minimum absolute atomic E-state index is 0. The Morgan fingerprint density at radius 3 is 2.50 bits per heavy atom. The molecule has 0 heterocycles. The molecule has 0 saturated carbocycles. The summed E-state index contributed by atoms with van der Waals surface area (Å²) in [6, 6.07) is 0. The fourth-order valence-corrected chi connectivity index (χ4v) is 0. The van der Waals surface area contributed by atoms with Gasteiger partial charge in [-0.05, 0) is 7.05 Å². The van der Waals surface area contributed by atoms with Gasteiger partial charge in [-0.15, -0.1) is 0 Å². The fraction of sp³-hybridized carbons (Fsp3) is 0.500. The van der Waals surface area contributed by atoms with Gasteiger partial charge in [-0.25, -0.2) is 0 Å². The van der Waals surface area contributed by atoms with Crippen LogP contribution >= 0.6 is 0 Å². The van der Waals surface area contributed by atoms with Gasteiger partial charge in [0.1, 0.15) is 0 Å². The van der Waals surface area contributed by atoms with Gasteiger partial charge in [0.15, 0.2) is 0 Å². The van der Waals surface area contributed by atoms with Crippen molar-refractivity contribution in [1.82, 2.24) is 0 Å². The van der Waals surface area contributed by atoms with E-state index in [4.69, 9.17) is 1.37 Å². The quantitative estimate of drug-likeness (QED) is 0.170. The molecule has 0 radical (unpaired) electrons. The molecule has 0 N–H and O–H groups in total. The smallest absolute Gasteiger partial charge is 0.509 e. The summed E-state index contributed by atoms with van der Waals surface area (Å²) in [5, 5.41) is 0. The second-order valence-corrected chi connectivity index (χ2v) is 0.224. The van der Waals surface area contributed by atoms with Crippen LogP contribution in [0.4, 0.5) is 0 Å². The topological polar surface area (TPSA) is 12.4 Å². The second-order valence-electron chi connectivity index (χ2n) is 0.224. The van der Waals surface area contributed by atoms with Gasteiger partial charge in [-0.3, -0.25) is 0 Å². The third kappa shape index (κ3) is 10.3. The Labute approximate surface area is 70.3 Å². The van der Waals surface area contributed by atoms with Gasteiger partial charge in [0.05, 0.1) is 0 Å². The zero-order valence-electron chi connectivity index (χ0n) is 3.95. The van der Waals surface area contributed by atoms with Crippen molar-refractivity contribution in [2.45, 2.75) is 0 Å². The predicted molar refractivity (Wildman–Crippen MR) is 14.4 cm³/mol. The first-order valence-corrected chi connectivity index (χ1v) is 0.671. The number of aliphatic imine (C=N–C) groups is 1. The Bertz CT molecular complexity index is 24.8. The maximum absolute atomic E-state index is 6.03. The van der Waals surface area contributed by atoms with Crippen molar-refractivity contribution in [2.24, 2.45) is 4.99 Å². The Balaban J connectivity index is 0. The van der Waals surface area contributed by atoms with Gasteiger partial charge in [-0.2, -0.15) is 1.37 Å². The van der Waals surface area contributed by atoms with Gasteiger partial charge in [-0.1, -0.05) is 0 Å². The van der Waals surface area contributed by atoms with Gasteiger partial charge >= 0.3 is 51.4 Å². The van der Waals surface area contributed by atoms with E-state index in [1.165, 1.54) is 7.05 Å². The molecule has 0 aromatic rings. The standard InChI is InChI=1S/C2H4N.K/c1-3-2;/h1H,2H3;/q-1;+1/i1D;. The van der Waals surface area contributed by atoms with Crippen molar-refractivity contribution in [1.29, 1.82) is 0 Å². The van der Waals surface area contributed by atoms with Gasteiger partial charge in [0, 0.05) is 0 Å². The molecule has 0 atom stereocenters. The van der Waals surface area contributed by atoms with Crippen LogP contribution in [0.2, 0.25) is 0 Å². The molecule has 0 fully saturated rings. The van der Waals surface area contributed by atoms with Crippen molar-refractivity contribution >= 4 is 6.69 Å². The van der Waals surface area contributed by atoms with E-state index in [0.29, 0.717) is 0 Å². The van der Waals surface area contributed by atoms with E-state index in [1.54, 1.807) is 6.69 Å². The molecule has 0 aliphatic carbocycles. The molecule has 0 aliphatic rings. The summed E-state index contributed by atoms with van der Waals surface area (Å²) in [5.41, 5.74) is 0. The van der Waals surface area contributed by atoms with Crippen LogP contribution < -0.4 is 51.4 Å². The summed E-state index contributed by atoms with van der Waals surface area (Å²) >= 11 is 0. The Hall–Kier alpha value is 1.31. The molecule has 4 heavy (non-hydrogen) atoms. The summed E-state index contributed by atoms with van der Waals surface area (Å²) in [6.07, 6.45) is 0. The van der Waals surface area contributed by atoms with Crippen LogP contribution in [-0.4, -0.2) is 13.7 Å². The Morgan fingerprint density at radius 1 is 2.25 bits per heavy atom. The first kappa shape index (κ1) is 5.31. The summed E-state index contributed by atoms with van der Waals surface area (Å²) < 4.78 is 6.03. The van der Waals surface area contributed by atoms with Gasteiger partial charge < -0.3 is 11.7 Å². The largest absolute Gasteiger partial charge is 1.00 e. The first-order valence-electron chi connectivity index (χ1n) is 1.17. The van der Waals surface area contributed by atoms with Gasteiger partial charge in [0.25, 0.3) is 0 Å². The minimum atomic E-state index is 0. The molecule has 18 valence electrons. The SMILES string of the molecule is [2H][C-]=NC.[K+]. The second kappa shape index (κ2) is 8.85. The van der Waals surface area contributed by atoms with Crippen LogP contribution in [0.25, 0.3) is 0 Å². The molecule has 0 aliphatic heterocycles. The van der Waals surface area contributed by atoms with Crippen LogP contribution in [0.15, 0.2) is 4.99 Å². The molecule has 0 spiro atoms. The Kier molecular flexibility index (Phi) is 11.7. The molecule has 2 heteroatoms. The summed E-state index contributed by atoms with van der Waals surface area (Å²) in [5.74, 6) is 0. The van der Waals surface area contributed by atoms with Gasteiger partial charge in [0.2, 0.25) is 0 Å². The minimum Gasteiger partial charge on any atom is -0.509 e. The maximum atomic E-state index is 6.03. The average Bonchev–Trinajstić information content (AvgIpc) is 1.37. The number of nitrogens with zero attached hydrogens (tertiary/aromatic N) is 1. The van der Waals surface area contributed by atoms with Crippen LogP contribution in [0.3, 0.4) is 0 Å². The molecule has 0 aromatic heterocycles. The van der Waals surface area contributed by atoms with Crippen LogP contribution in [0.1, 0.15) is 1.37 Å². The zero-order chi connectivity index (χ0) is 3.41. The van der Waals surface area contributed by atoms with E-state index >= 15 is 0 Å². The molecular formula is C2H4KN. The van der Waals surface area contributed by atoms with E-state index in [1.807, 2.05) is 0 Å². The van der Waals surface area contributed by atoms with Crippen molar-refractivity contribution in [3.05, 3.63) is 0 Å². The van der Waals surface area contributed by atoms with E-state index in [-0.39, 0.29) is 51.4 Å². The molecule has 0 aromatic carbocycles. The average molecular weight is 82.2 g/mol. The third-order valence-electron chi connectivity index (χ3n) is 0. The van der Waals surface area contributed by atoms with Crippen molar-refractivity contribution < 1.29 is 52.8 Å². The molecule has 0 amide bonds. The van der Waals surface area contributed by atoms with Crippen molar-refractivity contribution in [2.75, 3.05) is 7.05 Å².